The molecule has 3 unspecified atom stereocenters. The van der Waals surface area contributed by atoms with Gasteiger partial charge in [0, 0.05) is 0 Å². The molecule has 1 rings (SSSR count). The monoisotopic (exact) mass is 552 g/mol. The molecule has 0 radical (unpaired) electrons. The van der Waals surface area contributed by atoms with E-state index < -0.39 is 23.7 Å². The molecule has 1 fully saturated rings. The van der Waals surface area contributed by atoms with E-state index in [-0.39, 0.29) is 41.2 Å². The quantitative estimate of drug-likeness (QED) is 0.152. The van der Waals surface area contributed by atoms with Crippen LogP contribution < -0.4 is 0 Å². The third-order valence-electron chi connectivity index (χ3n) is 7.49. The first kappa shape index (κ1) is 35.4. The van der Waals surface area contributed by atoms with Gasteiger partial charge in [0.25, 0.3) is 0 Å². The molecule has 6 nitrogen and oxygen atoms in total. The number of ether oxygens (including phenoxy) is 3. The minimum Gasteiger partial charge on any atom is -0.465 e. The zero-order valence-corrected chi connectivity index (χ0v) is 27.3. The first-order valence-electron chi connectivity index (χ1n) is 15.2. The van der Waals surface area contributed by atoms with Crippen LogP contribution in [-0.2, 0) is 28.6 Å². The van der Waals surface area contributed by atoms with Gasteiger partial charge in [-0.1, -0.05) is 83.1 Å². The molecular formula is C33H60O6. The number of hydrogen-bond acceptors (Lipinski definition) is 6. The molecule has 0 heterocycles. The standard InChI is InChI=1S/C33H60O6/c1-22(2)16-31(7,8)19-37-28(34)25-13-14-26(29(35)38-20-32(9,10)17-23(3)4)27(15-25)30(36)39-21-33(11,12)18-24(5)6/h22-27H,13-21H2,1-12H3. The highest BCUT2D eigenvalue weighted by atomic mass is 16.5. The first-order chi connectivity index (χ1) is 17.7. The molecule has 6 heteroatoms. The predicted molar refractivity (Wildman–Crippen MR) is 157 cm³/mol. The number of carbonyl (C=O) groups is 3. The summed E-state index contributed by atoms with van der Waals surface area (Å²) in [7, 11) is 0. The van der Waals surface area contributed by atoms with E-state index in [1.54, 1.807) is 0 Å². The highest BCUT2D eigenvalue weighted by Gasteiger charge is 2.44. The van der Waals surface area contributed by atoms with Crippen LogP contribution in [0, 0.1) is 51.8 Å². The van der Waals surface area contributed by atoms with Gasteiger partial charge in [-0.2, -0.15) is 0 Å². The van der Waals surface area contributed by atoms with Crippen LogP contribution in [0.2, 0.25) is 0 Å². The van der Waals surface area contributed by atoms with E-state index in [0.717, 1.165) is 19.3 Å². The van der Waals surface area contributed by atoms with Gasteiger partial charge in [0.2, 0.25) is 0 Å². The molecule has 39 heavy (non-hydrogen) atoms. The summed E-state index contributed by atoms with van der Waals surface area (Å²) in [4.78, 5) is 39.8. The van der Waals surface area contributed by atoms with Gasteiger partial charge in [0.1, 0.15) is 0 Å². The van der Waals surface area contributed by atoms with Crippen molar-refractivity contribution in [3.63, 3.8) is 0 Å². The summed E-state index contributed by atoms with van der Waals surface area (Å²) >= 11 is 0. The Balaban J connectivity index is 2.98. The van der Waals surface area contributed by atoms with E-state index in [4.69, 9.17) is 14.2 Å². The summed E-state index contributed by atoms with van der Waals surface area (Å²) in [6.07, 6.45) is 3.97. The highest BCUT2D eigenvalue weighted by Crippen LogP contribution is 2.38. The number of esters is 3. The van der Waals surface area contributed by atoms with E-state index in [9.17, 15) is 14.4 Å². The van der Waals surface area contributed by atoms with Crippen molar-refractivity contribution in [2.75, 3.05) is 19.8 Å². The average Bonchev–Trinajstić information content (AvgIpc) is 2.76. The number of rotatable bonds is 15. The topological polar surface area (TPSA) is 78.9 Å². The fourth-order valence-electron chi connectivity index (χ4n) is 6.55. The maximum atomic E-state index is 13.4. The predicted octanol–water partition coefficient (Wildman–Crippen LogP) is 7.87. The highest BCUT2D eigenvalue weighted by molar-refractivity contribution is 5.84. The molecule has 0 N–H and O–H groups in total. The lowest BCUT2D eigenvalue weighted by molar-refractivity contribution is -0.170. The Morgan fingerprint density at radius 1 is 0.564 bits per heavy atom. The first-order valence-corrected chi connectivity index (χ1v) is 15.2. The second-order valence-corrected chi connectivity index (χ2v) is 15.8. The second kappa shape index (κ2) is 14.9. The maximum Gasteiger partial charge on any atom is 0.309 e. The summed E-state index contributed by atoms with van der Waals surface area (Å²) < 4.78 is 17.4. The van der Waals surface area contributed by atoms with Crippen molar-refractivity contribution in [2.45, 2.75) is 122 Å². The Morgan fingerprint density at radius 2 is 0.897 bits per heavy atom. The van der Waals surface area contributed by atoms with Gasteiger partial charge in [0.15, 0.2) is 0 Å². The van der Waals surface area contributed by atoms with Crippen molar-refractivity contribution in [1.29, 1.82) is 0 Å². The van der Waals surface area contributed by atoms with Crippen LogP contribution >= 0.6 is 0 Å². The molecule has 0 aliphatic heterocycles. The molecule has 0 aromatic carbocycles. The largest absolute Gasteiger partial charge is 0.465 e. The molecule has 0 saturated heterocycles. The number of hydrogen-bond donors (Lipinski definition) is 0. The second-order valence-electron chi connectivity index (χ2n) is 15.8. The van der Waals surface area contributed by atoms with Crippen molar-refractivity contribution >= 4 is 17.9 Å². The van der Waals surface area contributed by atoms with Crippen LogP contribution in [0.3, 0.4) is 0 Å². The zero-order chi connectivity index (χ0) is 30.2. The van der Waals surface area contributed by atoms with E-state index in [1.165, 1.54) is 0 Å². The molecule has 0 aromatic rings. The molecule has 1 aliphatic rings. The van der Waals surface area contributed by atoms with E-state index in [1.807, 2.05) is 0 Å². The summed E-state index contributed by atoms with van der Waals surface area (Å²) in [5, 5.41) is 0. The summed E-state index contributed by atoms with van der Waals surface area (Å²) in [5.74, 6) is -1.33. The van der Waals surface area contributed by atoms with Crippen LogP contribution in [-0.4, -0.2) is 37.7 Å². The molecule has 0 bridgehead atoms. The van der Waals surface area contributed by atoms with Gasteiger partial charge >= 0.3 is 17.9 Å². The molecule has 3 atom stereocenters. The Labute approximate surface area is 239 Å². The van der Waals surface area contributed by atoms with Gasteiger partial charge in [0.05, 0.1) is 37.6 Å². The fraction of sp³-hybridized carbons (Fsp3) is 0.909. The van der Waals surface area contributed by atoms with Gasteiger partial charge < -0.3 is 14.2 Å². The van der Waals surface area contributed by atoms with Crippen LogP contribution in [0.15, 0.2) is 0 Å². The van der Waals surface area contributed by atoms with Crippen molar-refractivity contribution in [3.8, 4) is 0 Å². The Hall–Kier alpha value is -1.59. The molecule has 0 amide bonds. The summed E-state index contributed by atoms with van der Waals surface area (Å²) in [5.41, 5.74) is -0.436. The minimum atomic E-state index is -0.712. The molecule has 1 saturated carbocycles. The lowest BCUT2D eigenvalue weighted by atomic mass is 9.73. The smallest absolute Gasteiger partial charge is 0.309 e. The maximum absolute atomic E-state index is 13.4. The van der Waals surface area contributed by atoms with Crippen LogP contribution in [0.5, 0.6) is 0 Å². The Bertz CT molecular complexity index is 792. The molecule has 1 aliphatic carbocycles. The third-order valence-corrected chi connectivity index (χ3v) is 7.49. The lowest BCUT2D eigenvalue weighted by Crippen LogP contribution is -2.41. The average molecular weight is 553 g/mol. The minimum absolute atomic E-state index is 0.117. The Kier molecular flexibility index (Phi) is 13.5. The van der Waals surface area contributed by atoms with Crippen molar-refractivity contribution in [1.82, 2.24) is 0 Å². The third kappa shape index (κ3) is 13.5. The van der Waals surface area contributed by atoms with Gasteiger partial charge in [-0.25, -0.2) is 0 Å². The van der Waals surface area contributed by atoms with E-state index in [2.05, 4.69) is 83.1 Å². The Morgan fingerprint density at radius 3 is 1.26 bits per heavy atom. The van der Waals surface area contributed by atoms with Crippen molar-refractivity contribution in [3.05, 3.63) is 0 Å². The molecule has 0 spiro atoms. The SMILES string of the molecule is CC(C)CC(C)(C)COC(=O)C1CCC(C(=O)OCC(C)(C)CC(C)C)C(C(=O)OCC(C)(C)CC(C)C)C1. The van der Waals surface area contributed by atoms with Crippen LogP contribution in [0.1, 0.15) is 122 Å². The summed E-state index contributed by atoms with van der Waals surface area (Å²) in [6.45, 7) is 26.4. The van der Waals surface area contributed by atoms with Crippen LogP contribution in [0.25, 0.3) is 0 Å². The lowest BCUT2D eigenvalue weighted by Gasteiger charge is -2.35. The van der Waals surface area contributed by atoms with Gasteiger partial charge in [-0.15, -0.1) is 0 Å². The van der Waals surface area contributed by atoms with Gasteiger partial charge in [-0.3, -0.25) is 14.4 Å². The molecule has 228 valence electrons. The zero-order valence-electron chi connectivity index (χ0n) is 27.3. The molecular weight excluding hydrogens is 492 g/mol. The molecule has 0 aromatic heterocycles. The summed E-state index contributed by atoms with van der Waals surface area (Å²) in [6, 6.07) is 0. The number of carbonyl (C=O) groups excluding carboxylic acids is 3. The van der Waals surface area contributed by atoms with Crippen molar-refractivity contribution in [2.24, 2.45) is 51.8 Å². The van der Waals surface area contributed by atoms with Gasteiger partial charge in [-0.05, 0) is 72.5 Å². The van der Waals surface area contributed by atoms with E-state index >= 15 is 0 Å². The van der Waals surface area contributed by atoms with Crippen molar-refractivity contribution < 1.29 is 28.6 Å². The van der Waals surface area contributed by atoms with E-state index in [0.29, 0.717) is 43.8 Å². The van der Waals surface area contributed by atoms with Crippen LogP contribution in [0.4, 0.5) is 0 Å². The fourth-order valence-corrected chi connectivity index (χ4v) is 6.55. The normalized spacial score (nSPS) is 20.8.